The van der Waals surface area contributed by atoms with Crippen molar-refractivity contribution in [2.24, 2.45) is 5.73 Å². The number of halogens is 2. The first kappa shape index (κ1) is 12.0. The topological polar surface area (TPSA) is 29.3 Å². The van der Waals surface area contributed by atoms with Crippen LogP contribution >= 0.6 is 15.9 Å². The molecule has 88 valence electrons. The van der Waals surface area contributed by atoms with Crippen LogP contribution in [0.2, 0.25) is 0 Å². The number of piperidine rings is 1. The molecule has 0 aromatic heterocycles. The van der Waals surface area contributed by atoms with E-state index >= 15 is 0 Å². The monoisotopic (exact) mass is 286 g/mol. The first-order valence-electron chi connectivity index (χ1n) is 5.57. The number of rotatable bonds is 2. The van der Waals surface area contributed by atoms with E-state index < -0.39 is 0 Å². The summed E-state index contributed by atoms with van der Waals surface area (Å²) >= 11 is 3.39. The van der Waals surface area contributed by atoms with Gasteiger partial charge in [-0.3, -0.25) is 4.90 Å². The number of hydrogen-bond donors (Lipinski definition) is 1. The fraction of sp³-hybridized carbons (Fsp3) is 0.500. The zero-order valence-corrected chi connectivity index (χ0v) is 10.7. The molecule has 1 heterocycles. The van der Waals surface area contributed by atoms with E-state index in [1.165, 1.54) is 12.1 Å². The van der Waals surface area contributed by atoms with Gasteiger partial charge in [0.1, 0.15) is 5.82 Å². The van der Waals surface area contributed by atoms with Crippen LogP contribution in [0.3, 0.4) is 0 Å². The normalized spacial score (nSPS) is 22.3. The molecule has 1 fully saturated rings. The molecule has 1 aliphatic heterocycles. The first-order valence-corrected chi connectivity index (χ1v) is 6.36. The van der Waals surface area contributed by atoms with Crippen molar-refractivity contribution < 1.29 is 4.39 Å². The summed E-state index contributed by atoms with van der Waals surface area (Å²) in [5, 5.41) is 0. The van der Waals surface area contributed by atoms with Crippen molar-refractivity contribution in [1.82, 2.24) is 4.90 Å². The molecule has 1 saturated heterocycles. The summed E-state index contributed by atoms with van der Waals surface area (Å²) in [5.41, 5.74) is 7.05. The second-order valence-corrected chi connectivity index (χ2v) is 5.23. The van der Waals surface area contributed by atoms with Gasteiger partial charge in [-0.05, 0) is 37.1 Å². The average molecular weight is 287 g/mol. The maximum absolute atomic E-state index is 12.9. The molecule has 0 radical (unpaired) electrons. The van der Waals surface area contributed by atoms with Gasteiger partial charge in [-0.25, -0.2) is 4.39 Å². The minimum absolute atomic E-state index is 0.203. The Balaban J connectivity index is 2.02. The van der Waals surface area contributed by atoms with Crippen molar-refractivity contribution in [2.75, 3.05) is 13.1 Å². The molecular formula is C12H16BrFN2. The van der Waals surface area contributed by atoms with Crippen LogP contribution < -0.4 is 5.73 Å². The Bertz CT molecular complexity index is 370. The maximum Gasteiger partial charge on any atom is 0.124 e. The van der Waals surface area contributed by atoms with Gasteiger partial charge in [0.15, 0.2) is 0 Å². The van der Waals surface area contributed by atoms with Crippen molar-refractivity contribution >= 4 is 15.9 Å². The Kier molecular flexibility index (Phi) is 3.95. The quantitative estimate of drug-likeness (QED) is 0.905. The molecule has 0 saturated carbocycles. The van der Waals surface area contributed by atoms with Gasteiger partial charge < -0.3 is 5.73 Å². The molecule has 0 spiro atoms. The van der Waals surface area contributed by atoms with E-state index in [1.54, 1.807) is 0 Å². The van der Waals surface area contributed by atoms with Crippen molar-refractivity contribution in [3.63, 3.8) is 0 Å². The van der Waals surface area contributed by atoms with Crippen LogP contribution in [0.4, 0.5) is 4.39 Å². The summed E-state index contributed by atoms with van der Waals surface area (Å²) in [6.07, 6.45) is 2.26. The van der Waals surface area contributed by atoms with Gasteiger partial charge in [-0.1, -0.05) is 22.0 Å². The lowest BCUT2D eigenvalue weighted by Gasteiger charge is -2.30. The summed E-state index contributed by atoms with van der Waals surface area (Å²) in [5.74, 6) is -0.203. The smallest absolute Gasteiger partial charge is 0.124 e. The Hall–Kier alpha value is -0.450. The molecule has 1 aliphatic rings. The Morgan fingerprint density at radius 2 is 2.31 bits per heavy atom. The minimum atomic E-state index is -0.203. The van der Waals surface area contributed by atoms with Gasteiger partial charge in [-0.15, -0.1) is 0 Å². The molecule has 4 heteroatoms. The van der Waals surface area contributed by atoms with Crippen molar-refractivity contribution in [3.05, 3.63) is 34.1 Å². The van der Waals surface area contributed by atoms with Crippen molar-refractivity contribution in [2.45, 2.75) is 25.4 Å². The van der Waals surface area contributed by atoms with E-state index in [0.29, 0.717) is 0 Å². The highest BCUT2D eigenvalue weighted by Crippen LogP contribution is 2.21. The fourth-order valence-corrected chi connectivity index (χ4v) is 2.60. The summed E-state index contributed by atoms with van der Waals surface area (Å²) in [6.45, 7) is 2.86. The lowest BCUT2D eigenvalue weighted by Crippen LogP contribution is -2.42. The third kappa shape index (κ3) is 3.03. The highest BCUT2D eigenvalue weighted by Gasteiger charge is 2.17. The van der Waals surface area contributed by atoms with Crippen LogP contribution in [0.1, 0.15) is 18.4 Å². The molecule has 0 amide bonds. The molecule has 1 unspecified atom stereocenters. The van der Waals surface area contributed by atoms with Gasteiger partial charge in [0.05, 0.1) is 0 Å². The first-order chi connectivity index (χ1) is 7.65. The minimum Gasteiger partial charge on any atom is -0.327 e. The fourth-order valence-electron chi connectivity index (χ4n) is 2.13. The van der Waals surface area contributed by atoms with Crippen molar-refractivity contribution in [1.29, 1.82) is 0 Å². The molecule has 1 aromatic carbocycles. The van der Waals surface area contributed by atoms with Crippen LogP contribution in [-0.4, -0.2) is 24.0 Å². The lowest BCUT2D eigenvalue weighted by molar-refractivity contribution is 0.201. The van der Waals surface area contributed by atoms with Gasteiger partial charge >= 0.3 is 0 Å². The Labute approximate surface area is 104 Å². The summed E-state index contributed by atoms with van der Waals surface area (Å²) in [7, 11) is 0. The molecule has 2 rings (SSSR count). The third-order valence-corrected chi connectivity index (χ3v) is 3.69. The highest BCUT2D eigenvalue weighted by molar-refractivity contribution is 9.10. The molecule has 0 aliphatic carbocycles. The Morgan fingerprint density at radius 3 is 3.00 bits per heavy atom. The Morgan fingerprint density at radius 1 is 1.50 bits per heavy atom. The predicted octanol–water partition coefficient (Wildman–Crippen LogP) is 2.51. The predicted molar refractivity (Wildman–Crippen MR) is 66.6 cm³/mol. The van der Waals surface area contributed by atoms with Crippen LogP contribution in [0.15, 0.2) is 22.7 Å². The zero-order valence-electron chi connectivity index (χ0n) is 9.13. The molecule has 0 bridgehead atoms. The largest absolute Gasteiger partial charge is 0.327 e. The van der Waals surface area contributed by atoms with Gasteiger partial charge in [0.2, 0.25) is 0 Å². The second kappa shape index (κ2) is 5.25. The number of likely N-dealkylation sites (tertiary alicyclic amines) is 1. The number of nitrogens with two attached hydrogens (primary N) is 1. The lowest BCUT2D eigenvalue weighted by atomic mass is 10.1. The van der Waals surface area contributed by atoms with E-state index in [2.05, 4.69) is 20.8 Å². The SMILES string of the molecule is NC1CCCN(Cc2ccc(F)cc2Br)C1. The van der Waals surface area contributed by atoms with Gasteiger partial charge in [0.25, 0.3) is 0 Å². The molecule has 1 atom stereocenters. The molecule has 2 nitrogen and oxygen atoms in total. The van der Waals surface area contributed by atoms with Crippen molar-refractivity contribution in [3.8, 4) is 0 Å². The van der Waals surface area contributed by atoms with Crippen LogP contribution in [0.5, 0.6) is 0 Å². The number of hydrogen-bond acceptors (Lipinski definition) is 2. The molecular weight excluding hydrogens is 271 g/mol. The zero-order chi connectivity index (χ0) is 11.5. The van der Waals surface area contributed by atoms with Crippen LogP contribution in [-0.2, 0) is 6.54 Å². The standard InChI is InChI=1S/C12H16BrFN2/c13-12-6-10(14)4-3-9(12)7-16-5-1-2-11(15)8-16/h3-4,6,11H,1-2,5,7-8,15H2. The van der Waals surface area contributed by atoms with Gasteiger partial charge in [0, 0.05) is 23.6 Å². The number of benzene rings is 1. The van der Waals surface area contributed by atoms with Gasteiger partial charge in [-0.2, -0.15) is 0 Å². The molecule has 2 N–H and O–H groups in total. The van der Waals surface area contributed by atoms with E-state index in [-0.39, 0.29) is 11.9 Å². The maximum atomic E-state index is 12.9. The van der Waals surface area contributed by atoms with E-state index in [9.17, 15) is 4.39 Å². The molecule has 16 heavy (non-hydrogen) atoms. The summed E-state index contributed by atoms with van der Waals surface area (Å²) in [4.78, 5) is 2.33. The summed E-state index contributed by atoms with van der Waals surface area (Å²) in [6, 6.07) is 5.14. The highest BCUT2D eigenvalue weighted by atomic mass is 79.9. The van der Waals surface area contributed by atoms with E-state index in [4.69, 9.17) is 5.73 Å². The summed E-state index contributed by atoms with van der Waals surface area (Å²) < 4.78 is 13.8. The van der Waals surface area contributed by atoms with Crippen LogP contribution in [0.25, 0.3) is 0 Å². The second-order valence-electron chi connectivity index (χ2n) is 4.37. The average Bonchev–Trinajstić information content (AvgIpc) is 2.22. The number of nitrogens with zero attached hydrogens (tertiary/aromatic N) is 1. The third-order valence-electron chi connectivity index (χ3n) is 2.95. The van der Waals surface area contributed by atoms with E-state index in [0.717, 1.165) is 42.5 Å². The van der Waals surface area contributed by atoms with Crippen LogP contribution in [0, 0.1) is 5.82 Å². The van der Waals surface area contributed by atoms with E-state index in [1.807, 2.05) is 6.07 Å². The molecule has 1 aromatic rings.